The van der Waals surface area contributed by atoms with Gasteiger partial charge in [0.1, 0.15) is 5.75 Å². The lowest BCUT2D eigenvalue weighted by molar-refractivity contribution is -0.122. The number of fused-ring (bicyclic) bond motifs is 1. The van der Waals surface area contributed by atoms with Gasteiger partial charge in [0.05, 0.1) is 24.2 Å². The predicted octanol–water partition coefficient (Wildman–Crippen LogP) is 4.56. The van der Waals surface area contributed by atoms with Gasteiger partial charge >= 0.3 is 0 Å². The van der Waals surface area contributed by atoms with Crippen molar-refractivity contribution >= 4 is 22.5 Å². The Morgan fingerprint density at radius 1 is 1.05 bits per heavy atom. The first-order chi connectivity index (χ1) is 19.1. The lowest BCUT2D eigenvalue weighted by Gasteiger charge is -2.29. The van der Waals surface area contributed by atoms with Crippen LogP contribution in [0.25, 0.3) is 22.2 Å². The Hall–Kier alpha value is -3.23. The number of piperidine rings is 2. The topological polar surface area (TPSA) is 82.6 Å². The molecule has 0 atom stereocenters. The summed E-state index contributed by atoms with van der Waals surface area (Å²) in [5.41, 5.74) is 3.93. The third-order valence-corrected chi connectivity index (χ3v) is 7.86. The largest absolute Gasteiger partial charge is 0.493 e. The summed E-state index contributed by atoms with van der Waals surface area (Å²) in [6.45, 7) is 6.96. The van der Waals surface area contributed by atoms with Crippen molar-refractivity contribution in [3.05, 3.63) is 48.8 Å². The van der Waals surface area contributed by atoms with Crippen LogP contribution in [0.2, 0.25) is 0 Å². The Balaban J connectivity index is 1.15. The zero-order chi connectivity index (χ0) is 26.9. The Morgan fingerprint density at radius 3 is 2.64 bits per heavy atom. The average molecular weight is 531 g/mol. The van der Waals surface area contributed by atoms with E-state index in [9.17, 15) is 4.79 Å². The number of nitrogens with zero attached hydrogens (tertiary/aromatic N) is 4. The maximum absolute atomic E-state index is 12.3. The smallest absolute Gasteiger partial charge is 0.223 e. The van der Waals surface area contributed by atoms with Crippen LogP contribution in [0.4, 0.5) is 5.69 Å². The second-order valence-corrected chi connectivity index (χ2v) is 10.9. The van der Waals surface area contributed by atoms with Gasteiger partial charge in [-0.2, -0.15) is 0 Å². The van der Waals surface area contributed by atoms with E-state index >= 15 is 0 Å². The maximum Gasteiger partial charge on any atom is 0.223 e. The molecule has 2 N–H and O–H groups in total. The minimum absolute atomic E-state index is 0.0620. The van der Waals surface area contributed by atoms with Crippen LogP contribution < -0.4 is 15.4 Å². The van der Waals surface area contributed by atoms with Crippen LogP contribution in [0.5, 0.6) is 5.75 Å². The van der Waals surface area contributed by atoms with E-state index in [1.165, 1.54) is 32.4 Å². The van der Waals surface area contributed by atoms with Crippen molar-refractivity contribution < 1.29 is 9.53 Å². The van der Waals surface area contributed by atoms with Gasteiger partial charge in [-0.05, 0) is 108 Å². The summed E-state index contributed by atoms with van der Waals surface area (Å²) in [5.74, 6) is 0.818. The van der Waals surface area contributed by atoms with Crippen LogP contribution in [0.15, 0.2) is 48.8 Å². The van der Waals surface area contributed by atoms with E-state index in [1.807, 2.05) is 36.5 Å². The molecule has 5 rings (SSSR count). The predicted molar refractivity (Wildman–Crippen MR) is 157 cm³/mol. The molecule has 0 radical (unpaired) electrons. The highest BCUT2D eigenvalue weighted by Gasteiger charge is 2.18. The SMILES string of the molecule is CN1CCC(NC(=O)CCOc2ccc(-c3cc(NCCCN4CCCCC4)c4cnccc4n3)cc2)CC1. The second-order valence-electron chi connectivity index (χ2n) is 10.9. The monoisotopic (exact) mass is 530 g/mol. The first-order valence-electron chi connectivity index (χ1n) is 14.6. The zero-order valence-corrected chi connectivity index (χ0v) is 23.2. The molecule has 2 saturated heterocycles. The lowest BCUT2D eigenvalue weighted by Crippen LogP contribution is -2.43. The van der Waals surface area contributed by atoms with Gasteiger partial charge in [-0.3, -0.25) is 9.78 Å². The van der Waals surface area contributed by atoms with Crippen LogP contribution >= 0.6 is 0 Å². The standard InChI is InChI=1S/C31H42N6O2/c1-36-19-11-25(12-20-36)34-31(38)13-21-39-26-8-6-24(7-9-26)29-22-30(27-23-32-15-10-28(27)35-29)33-14-5-18-37-16-3-2-4-17-37/h6-10,15,22-23,25H,2-5,11-14,16-21H2,1H3,(H,33,35)(H,34,38). The fourth-order valence-corrected chi connectivity index (χ4v) is 5.51. The zero-order valence-electron chi connectivity index (χ0n) is 23.2. The van der Waals surface area contributed by atoms with Crippen molar-refractivity contribution in [3.8, 4) is 17.0 Å². The fraction of sp³-hybridized carbons (Fsp3) is 0.516. The Kier molecular flexibility index (Phi) is 9.61. The van der Waals surface area contributed by atoms with Crippen LogP contribution in [-0.2, 0) is 4.79 Å². The number of rotatable bonds is 11. The minimum Gasteiger partial charge on any atom is -0.493 e. The van der Waals surface area contributed by atoms with Gasteiger partial charge in [-0.25, -0.2) is 4.98 Å². The quantitative estimate of drug-likeness (QED) is 0.352. The van der Waals surface area contributed by atoms with E-state index in [-0.39, 0.29) is 11.9 Å². The summed E-state index contributed by atoms with van der Waals surface area (Å²) in [6.07, 6.45) is 11.2. The van der Waals surface area contributed by atoms with Crippen molar-refractivity contribution in [3.63, 3.8) is 0 Å². The highest BCUT2D eigenvalue weighted by atomic mass is 16.5. The number of nitrogens with one attached hydrogen (secondary N) is 2. The molecule has 4 heterocycles. The molecule has 8 heteroatoms. The molecule has 2 fully saturated rings. The molecule has 208 valence electrons. The number of anilines is 1. The van der Waals surface area contributed by atoms with Crippen molar-refractivity contribution in [1.82, 2.24) is 25.1 Å². The van der Waals surface area contributed by atoms with E-state index in [2.05, 4.69) is 38.5 Å². The number of carbonyl (C=O) groups is 1. The minimum atomic E-state index is 0.0620. The Morgan fingerprint density at radius 2 is 1.85 bits per heavy atom. The molecule has 39 heavy (non-hydrogen) atoms. The van der Waals surface area contributed by atoms with Crippen LogP contribution in [0.1, 0.15) is 44.9 Å². The molecular formula is C31H42N6O2. The summed E-state index contributed by atoms with van der Waals surface area (Å²) in [7, 11) is 2.12. The van der Waals surface area contributed by atoms with Gasteiger partial charge in [0, 0.05) is 41.6 Å². The van der Waals surface area contributed by atoms with E-state index in [0.717, 1.165) is 79.0 Å². The van der Waals surface area contributed by atoms with Crippen molar-refractivity contribution in [2.45, 2.75) is 51.0 Å². The summed E-state index contributed by atoms with van der Waals surface area (Å²) in [6, 6.07) is 12.3. The molecule has 3 aromatic rings. The highest BCUT2D eigenvalue weighted by Crippen LogP contribution is 2.29. The molecule has 0 saturated carbocycles. The highest BCUT2D eigenvalue weighted by molar-refractivity contribution is 5.93. The molecule has 0 spiro atoms. The summed E-state index contributed by atoms with van der Waals surface area (Å²) < 4.78 is 5.87. The van der Waals surface area contributed by atoms with Gasteiger partial charge < -0.3 is 25.2 Å². The number of amides is 1. The molecule has 0 aliphatic carbocycles. The van der Waals surface area contributed by atoms with E-state index < -0.39 is 0 Å². The second kappa shape index (κ2) is 13.7. The number of ether oxygens (including phenoxy) is 1. The first kappa shape index (κ1) is 27.3. The van der Waals surface area contributed by atoms with Crippen molar-refractivity contribution in [2.75, 3.05) is 58.2 Å². The lowest BCUT2D eigenvalue weighted by atomic mass is 10.1. The van der Waals surface area contributed by atoms with Crippen molar-refractivity contribution in [1.29, 1.82) is 0 Å². The Bertz CT molecular complexity index is 1200. The molecule has 1 aromatic carbocycles. The molecule has 2 aromatic heterocycles. The average Bonchev–Trinajstić information content (AvgIpc) is 2.97. The number of hydrogen-bond acceptors (Lipinski definition) is 7. The fourth-order valence-electron chi connectivity index (χ4n) is 5.51. The van der Waals surface area contributed by atoms with Gasteiger partial charge in [0.2, 0.25) is 5.91 Å². The first-order valence-corrected chi connectivity index (χ1v) is 14.6. The van der Waals surface area contributed by atoms with Gasteiger partial charge in [-0.15, -0.1) is 0 Å². The van der Waals surface area contributed by atoms with Crippen molar-refractivity contribution in [2.24, 2.45) is 0 Å². The molecule has 1 amide bonds. The number of aromatic nitrogens is 2. The molecule has 2 aliphatic rings. The van der Waals surface area contributed by atoms with Gasteiger partial charge in [0.15, 0.2) is 0 Å². The molecule has 8 nitrogen and oxygen atoms in total. The van der Waals surface area contributed by atoms with Crippen LogP contribution in [0.3, 0.4) is 0 Å². The van der Waals surface area contributed by atoms with E-state index in [1.54, 1.807) is 6.20 Å². The number of pyridine rings is 2. The van der Waals surface area contributed by atoms with Crippen LogP contribution in [0, 0.1) is 0 Å². The summed E-state index contributed by atoms with van der Waals surface area (Å²) >= 11 is 0. The van der Waals surface area contributed by atoms with E-state index in [0.29, 0.717) is 13.0 Å². The number of hydrogen-bond donors (Lipinski definition) is 2. The molecule has 2 aliphatic heterocycles. The molecule has 0 bridgehead atoms. The molecule has 0 unspecified atom stereocenters. The summed E-state index contributed by atoms with van der Waals surface area (Å²) in [5, 5.41) is 7.83. The normalized spacial score (nSPS) is 17.3. The third-order valence-electron chi connectivity index (χ3n) is 7.86. The van der Waals surface area contributed by atoms with Crippen LogP contribution in [-0.4, -0.2) is 84.6 Å². The number of carbonyl (C=O) groups excluding carboxylic acids is 1. The maximum atomic E-state index is 12.3. The molecular weight excluding hydrogens is 488 g/mol. The third kappa shape index (κ3) is 7.90. The number of benzene rings is 1. The van der Waals surface area contributed by atoms with Gasteiger partial charge in [0.25, 0.3) is 0 Å². The Labute approximate surface area is 232 Å². The summed E-state index contributed by atoms with van der Waals surface area (Å²) in [4.78, 5) is 26.4. The van der Waals surface area contributed by atoms with Gasteiger partial charge in [-0.1, -0.05) is 6.42 Å². The van der Waals surface area contributed by atoms with E-state index in [4.69, 9.17) is 9.72 Å². The number of likely N-dealkylation sites (tertiary alicyclic amines) is 2.